The lowest BCUT2D eigenvalue weighted by atomic mass is 10.2. The molecule has 12 heteroatoms. The highest BCUT2D eigenvalue weighted by atomic mass is 35.5. The topological polar surface area (TPSA) is 116 Å². The summed E-state index contributed by atoms with van der Waals surface area (Å²) in [4.78, 5) is 24.9. The number of rotatable bonds is 13. The maximum absolute atomic E-state index is 13.8. The normalized spacial score (nSPS) is 11.0. The van der Waals surface area contributed by atoms with Crippen LogP contribution >= 0.6 is 11.6 Å². The summed E-state index contributed by atoms with van der Waals surface area (Å²) in [6, 6.07) is 24.0. The molecule has 5 aromatic rings. The zero-order chi connectivity index (χ0) is 33.3. The molecule has 0 radical (unpaired) electrons. The van der Waals surface area contributed by atoms with Gasteiger partial charge in [-0.2, -0.15) is 5.10 Å². The maximum Gasteiger partial charge on any atom is 0.307 e. The highest BCUT2D eigenvalue weighted by molar-refractivity contribution is 6.32. The van der Waals surface area contributed by atoms with Gasteiger partial charge in [-0.05, 0) is 99.1 Å². The van der Waals surface area contributed by atoms with Crippen LogP contribution in [0.2, 0.25) is 5.02 Å². The van der Waals surface area contributed by atoms with E-state index in [2.05, 4.69) is 46.4 Å². The van der Waals surface area contributed by atoms with Gasteiger partial charge in [-0.25, -0.2) is 9.82 Å². The molecular weight excluding hydrogens is 627 g/mol. The molecule has 5 rings (SSSR count). The average Bonchev–Trinajstić information content (AvgIpc) is 3.67. The number of amides is 2. The van der Waals surface area contributed by atoms with E-state index in [-0.39, 0.29) is 41.2 Å². The predicted molar refractivity (Wildman–Crippen MR) is 176 cm³/mol. The van der Waals surface area contributed by atoms with Crippen molar-refractivity contribution in [2.24, 2.45) is 5.10 Å². The SMILES string of the molecule is CCOc1cc(/C=N/NC(=O)c2ccc(COc3ccc(-n4c(C)ccc4C)cc3)o2)cc(Cl)c1OCC(=O)Nc1ccccc1F. The third-order valence-electron chi connectivity index (χ3n) is 6.84. The third kappa shape index (κ3) is 8.39. The Morgan fingerprint density at radius 3 is 2.43 bits per heavy atom. The first kappa shape index (κ1) is 32.8. The van der Waals surface area contributed by atoms with Crippen LogP contribution in [0.5, 0.6) is 17.2 Å². The number of ether oxygens (including phenoxy) is 3. The van der Waals surface area contributed by atoms with Gasteiger partial charge < -0.3 is 28.5 Å². The van der Waals surface area contributed by atoms with E-state index in [4.69, 9.17) is 30.2 Å². The van der Waals surface area contributed by atoms with Crippen molar-refractivity contribution < 1.29 is 32.6 Å². The Bertz CT molecular complexity index is 1880. The minimum absolute atomic E-state index is 0.0323. The minimum atomic E-state index is -0.581. The standard InChI is InChI=1S/C35H32ClFN4O6/c1-4-44-32-18-24(17-28(36)34(32)46-21-33(42)39-30-8-6-5-7-29(30)37)19-38-40-35(43)31-16-15-27(47-31)20-45-26-13-11-25(12-14-26)41-22(2)9-10-23(41)3/h5-19H,4,20-21H2,1-3H3,(H,39,42)(H,40,43)/b38-19+. The van der Waals surface area contributed by atoms with E-state index >= 15 is 0 Å². The lowest BCUT2D eigenvalue weighted by Crippen LogP contribution is -2.21. The number of benzene rings is 3. The number of para-hydroxylation sites is 1. The van der Waals surface area contributed by atoms with Crippen LogP contribution in [0.4, 0.5) is 10.1 Å². The fraction of sp³-hybridized carbons (Fsp3) is 0.171. The van der Waals surface area contributed by atoms with Crippen LogP contribution in [0.15, 0.2) is 94.4 Å². The number of hydrogen-bond donors (Lipinski definition) is 2. The molecule has 0 aliphatic heterocycles. The van der Waals surface area contributed by atoms with Crippen LogP contribution in [0.3, 0.4) is 0 Å². The van der Waals surface area contributed by atoms with Gasteiger partial charge in [0.2, 0.25) is 0 Å². The molecule has 0 saturated carbocycles. The van der Waals surface area contributed by atoms with Crippen molar-refractivity contribution in [2.45, 2.75) is 27.4 Å². The molecule has 0 spiro atoms. The Morgan fingerprint density at radius 2 is 1.70 bits per heavy atom. The highest BCUT2D eigenvalue weighted by Crippen LogP contribution is 2.36. The zero-order valence-corrected chi connectivity index (χ0v) is 26.6. The molecule has 2 aromatic heterocycles. The molecular formula is C35H32ClFN4O6. The molecule has 0 atom stereocenters. The van der Waals surface area contributed by atoms with Crippen LogP contribution in [0, 0.1) is 19.7 Å². The molecule has 2 heterocycles. The first-order chi connectivity index (χ1) is 22.7. The molecule has 0 saturated heterocycles. The lowest BCUT2D eigenvalue weighted by Gasteiger charge is -2.14. The second-order valence-electron chi connectivity index (χ2n) is 10.3. The van der Waals surface area contributed by atoms with E-state index < -0.39 is 24.2 Å². The van der Waals surface area contributed by atoms with E-state index in [1.54, 1.807) is 25.1 Å². The largest absolute Gasteiger partial charge is 0.490 e. The fourth-order valence-corrected chi connectivity index (χ4v) is 4.95. The van der Waals surface area contributed by atoms with E-state index in [1.165, 1.54) is 36.5 Å². The lowest BCUT2D eigenvalue weighted by molar-refractivity contribution is -0.118. The maximum atomic E-state index is 13.8. The number of aromatic nitrogens is 1. The number of halogens is 2. The van der Waals surface area contributed by atoms with Crippen LogP contribution in [0.25, 0.3) is 5.69 Å². The van der Waals surface area contributed by atoms with Gasteiger partial charge >= 0.3 is 5.91 Å². The van der Waals surface area contributed by atoms with Crippen molar-refractivity contribution in [2.75, 3.05) is 18.5 Å². The number of hydrogen-bond acceptors (Lipinski definition) is 7. The molecule has 47 heavy (non-hydrogen) atoms. The van der Waals surface area contributed by atoms with Gasteiger partial charge in [0.05, 0.1) is 23.5 Å². The monoisotopic (exact) mass is 658 g/mol. The molecule has 242 valence electrons. The minimum Gasteiger partial charge on any atom is -0.490 e. The van der Waals surface area contributed by atoms with Crippen LogP contribution in [-0.2, 0) is 11.4 Å². The Balaban J connectivity index is 1.14. The van der Waals surface area contributed by atoms with E-state index in [0.29, 0.717) is 17.1 Å². The number of carbonyl (C=O) groups excluding carboxylic acids is 2. The van der Waals surface area contributed by atoms with Crippen molar-refractivity contribution in [3.8, 4) is 22.9 Å². The van der Waals surface area contributed by atoms with Crippen LogP contribution in [0.1, 0.15) is 40.2 Å². The van der Waals surface area contributed by atoms with Crippen molar-refractivity contribution in [1.82, 2.24) is 9.99 Å². The van der Waals surface area contributed by atoms with Gasteiger partial charge in [0.15, 0.2) is 23.9 Å². The summed E-state index contributed by atoms with van der Waals surface area (Å²) in [7, 11) is 0. The first-order valence-electron chi connectivity index (χ1n) is 14.7. The Morgan fingerprint density at radius 1 is 0.957 bits per heavy atom. The molecule has 3 aromatic carbocycles. The summed E-state index contributed by atoms with van der Waals surface area (Å²) in [5.74, 6) is -0.143. The Labute approximate surface area is 275 Å². The van der Waals surface area contributed by atoms with Crippen LogP contribution < -0.4 is 25.0 Å². The quantitative estimate of drug-likeness (QED) is 0.102. The summed E-state index contributed by atoms with van der Waals surface area (Å²) in [5.41, 5.74) is 6.26. The number of anilines is 1. The van der Waals surface area contributed by atoms with E-state index in [1.807, 2.05) is 24.3 Å². The third-order valence-corrected chi connectivity index (χ3v) is 7.12. The first-order valence-corrected chi connectivity index (χ1v) is 15.0. The van der Waals surface area contributed by atoms with Gasteiger partial charge in [-0.15, -0.1) is 0 Å². The van der Waals surface area contributed by atoms with Gasteiger partial charge in [-0.1, -0.05) is 23.7 Å². The molecule has 2 amide bonds. The molecule has 0 aliphatic rings. The van der Waals surface area contributed by atoms with E-state index in [9.17, 15) is 14.0 Å². The number of aryl methyl sites for hydroxylation is 2. The average molecular weight is 659 g/mol. The number of hydrazone groups is 1. The number of nitrogens with one attached hydrogen (secondary N) is 2. The second kappa shape index (κ2) is 15.2. The molecule has 0 unspecified atom stereocenters. The van der Waals surface area contributed by atoms with Gasteiger partial charge in [0.25, 0.3) is 5.91 Å². The second-order valence-corrected chi connectivity index (χ2v) is 10.7. The summed E-state index contributed by atoms with van der Waals surface area (Å²) >= 11 is 6.42. The van der Waals surface area contributed by atoms with Crippen molar-refractivity contribution in [3.05, 3.63) is 124 Å². The number of nitrogens with zero attached hydrogens (tertiary/aromatic N) is 2. The Kier molecular flexibility index (Phi) is 10.6. The molecule has 0 fully saturated rings. The van der Waals surface area contributed by atoms with Crippen molar-refractivity contribution in [1.29, 1.82) is 0 Å². The van der Waals surface area contributed by atoms with Crippen molar-refractivity contribution >= 4 is 35.3 Å². The highest BCUT2D eigenvalue weighted by Gasteiger charge is 2.16. The molecule has 2 N–H and O–H groups in total. The molecule has 10 nitrogen and oxygen atoms in total. The molecule has 0 bridgehead atoms. The smallest absolute Gasteiger partial charge is 0.307 e. The molecule has 0 aliphatic carbocycles. The summed E-state index contributed by atoms with van der Waals surface area (Å²) in [5, 5.41) is 6.57. The fourth-order valence-electron chi connectivity index (χ4n) is 4.67. The van der Waals surface area contributed by atoms with E-state index in [0.717, 1.165) is 17.1 Å². The van der Waals surface area contributed by atoms with Gasteiger partial charge in [0.1, 0.15) is 23.9 Å². The zero-order valence-electron chi connectivity index (χ0n) is 25.9. The summed E-state index contributed by atoms with van der Waals surface area (Å²) in [6.45, 7) is 5.87. The number of furan rings is 1. The van der Waals surface area contributed by atoms with Gasteiger partial charge in [0, 0.05) is 17.1 Å². The predicted octanol–water partition coefficient (Wildman–Crippen LogP) is 7.24. The number of carbonyl (C=O) groups is 2. The Hall–Kier alpha value is -5.55. The van der Waals surface area contributed by atoms with Crippen molar-refractivity contribution in [3.63, 3.8) is 0 Å². The summed E-state index contributed by atoms with van der Waals surface area (Å²) in [6.07, 6.45) is 1.37. The summed E-state index contributed by atoms with van der Waals surface area (Å²) < 4.78 is 38.7. The van der Waals surface area contributed by atoms with Crippen LogP contribution in [-0.4, -0.2) is 35.8 Å². The van der Waals surface area contributed by atoms with Gasteiger partial charge in [-0.3, -0.25) is 9.59 Å².